The minimum atomic E-state index is -1.43. The summed E-state index contributed by atoms with van der Waals surface area (Å²) >= 11 is 0. The van der Waals surface area contributed by atoms with Crippen LogP contribution in [-0.2, 0) is 15.1 Å². The van der Waals surface area contributed by atoms with Crippen LogP contribution < -0.4 is 20.1 Å². The molecule has 2 heterocycles. The molecule has 0 bridgehead atoms. The third-order valence-electron chi connectivity index (χ3n) is 5.49. The second kappa shape index (κ2) is 8.53. The SMILES string of the molecule is CC(=O)Nc1ccc(C(=O)CN2C(=O)NC(C)(c3ccc4c(c3)OCCCO4)C2=O)c(F)c1. The highest BCUT2D eigenvalue weighted by molar-refractivity contribution is 6.11. The molecule has 1 atom stereocenters. The van der Waals surface area contributed by atoms with Crippen molar-refractivity contribution in [3.8, 4) is 11.5 Å². The van der Waals surface area contributed by atoms with Crippen molar-refractivity contribution in [3.05, 3.63) is 53.3 Å². The number of imide groups is 1. The van der Waals surface area contributed by atoms with E-state index in [4.69, 9.17) is 9.47 Å². The largest absolute Gasteiger partial charge is 0.490 e. The molecule has 0 radical (unpaired) electrons. The summed E-state index contributed by atoms with van der Waals surface area (Å²) in [6.45, 7) is 3.13. The van der Waals surface area contributed by atoms with Crippen LogP contribution in [0.25, 0.3) is 0 Å². The lowest BCUT2D eigenvalue weighted by atomic mass is 9.91. The second-order valence-corrected chi connectivity index (χ2v) is 7.96. The van der Waals surface area contributed by atoms with Crippen molar-refractivity contribution < 1.29 is 33.0 Å². The van der Waals surface area contributed by atoms with Crippen molar-refractivity contribution in [1.82, 2.24) is 10.2 Å². The molecule has 1 saturated heterocycles. The number of hydrogen-bond donors (Lipinski definition) is 2. The Morgan fingerprint density at radius 3 is 2.55 bits per heavy atom. The van der Waals surface area contributed by atoms with E-state index in [9.17, 15) is 23.6 Å². The van der Waals surface area contributed by atoms with Gasteiger partial charge in [-0.05, 0) is 42.8 Å². The number of carbonyl (C=O) groups excluding carboxylic acids is 4. The molecule has 1 fully saturated rings. The van der Waals surface area contributed by atoms with E-state index in [2.05, 4.69) is 10.6 Å². The van der Waals surface area contributed by atoms with E-state index in [0.717, 1.165) is 17.4 Å². The van der Waals surface area contributed by atoms with Crippen LogP contribution in [-0.4, -0.2) is 48.3 Å². The van der Waals surface area contributed by atoms with Crippen molar-refractivity contribution in [1.29, 1.82) is 0 Å². The van der Waals surface area contributed by atoms with Gasteiger partial charge in [0.05, 0.1) is 25.3 Å². The Morgan fingerprint density at radius 1 is 1.12 bits per heavy atom. The van der Waals surface area contributed by atoms with Crippen LogP contribution in [0.2, 0.25) is 0 Å². The molecular formula is C23H22FN3O6. The highest BCUT2D eigenvalue weighted by Gasteiger charge is 2.50. The number of benzene rings is 2. The number of carbonyl (C=O) groups is 4. The highest BCUT2D eigenvalue weighted by Crippen LogP contribution is 2.36. The maximum atomic E-state index is 14.4. The average Bonchev–Trinajstić information content (AvgIpc) is 2.92. The van der Waals surface area contributed by atoms with E-state index in [1.165, 1.54) is 26.0 Å². The average molecular weight is 455 g/mol. The number of nitrogens with one attached hydrogen (secondary N) is 2. The molecule has 2 aromatic rings. The summed E-state index contributed by atoms with van der Waals surface area (Å²) in [6, 6.07) is 7.75. The summed E-state index contributed by atoms with van der Waals surface area (Å²) in [6.07, 6.45) is 0.717. The minimum Gasteiger partial charge on any atom is -0.490 e. The maximum absolute atomic E-state index is 14.4. The van der Waals surface area contributed by atoms with Crippen LogP contribution in [0.4, 0.5) is 14.9 Å². The monoisotopic (exact) mass is 455 g/mol. The number of ether oxygens (including phenoxy) is 2. The van der Waals surface area contributed by atoms with Gasteiger partial charge >= 0.3 is 6.03 Å². The molecule has 33 heavy (non-hydrogen) atoms. The van der Waals surface area contributed by atoms with Gasteiger partial charge in [0.2, 0.25) is 5.91 Å². The van der Waals surface area contributed by atoms with Gasteiger partial charge in [0.15, 0.2) is 17.3 Å². The van der Waals surface area contributed by atoms with Crippen molar-refractivity contribution in [2.75, 3.05) is 25.1 Å². The number of urea groups is 1. The van der Waals surface area contributed by atoms with E-state index in [-0.39, 0.29) is 17.2 Å². The van der Waals surface area contributed by atoms with Crippen molar-refractivity contribution in [2.24, 2.45) is 0 Å². The normalized spacial score (nSPS) is 19.7. The van der Waals surface area contributed by atoms with Crippen molar-refractivity contribution >= 4 is 29.3 Å². The Hall–Kier alpha value is -3.95. The Kier molecular flexibility index (Phi) is 5.75. The first-order valence-electron chi connectivity index (χ1n) is 10.3. The predicted molar refractivity (Wildman–Crippen MR) is 115 cm³/mol. The van der Waals surface area contributed by atoms with Gasteiger partial charge in [-0.25, -0.2) is 9.18 Å². The fourth-order valence-electron chi connectivity index (χ4n) is 3.76. The van der Waals surface area contributed by atoms with Gasteiger partial charge < -0.3 is 20.1 Å². The van der Waals surface area contributed by atoms with Gasteiger partial charge in [-0.3, -0.25) is 19.3 Å². The molecule has 4 rings (SSSR count). The number of nitrogens with zero attached hydrogens (tertiary/aromatic N) is 1. The molecule has 2 aromatic carbocycles. The molecule has 0 aliphatic carbocycles. The highest BCUT2D eigenvalue weighted by atomic mass is 19.1. The maximum Gasteiger partial charge on any atom is 0.325 e. The fraction of sp³-hybridized carbons (Fsp3) is 0.304. The molecule has 10 heteroatoms. The van der Waals surface area contributed by atoms with Gasteiger partial charge in [-0.2, -0.15) is 0 Å². The topological polar surface area (TPSA) is 114 Å². The Labute approximate surface area is 188 Å². The van der Waals surface area contributed by atoms with Crippen LogP contribution in [0.3, 0.4) is 0 Å². The molecule has 0 aromatic heterocycles. The number of rotatable bonds is 5. The molecule has 2 aliphatic rings. The summed E-state index contributed by atoms with van der Waals surface area (Å²) in [5.74, 6) is -1.66. The third kappa shape index (κ3) is 4.23. The summed E-state index contributed by atoms with van der Waals surface area (Å²) < 4.78 is 25.7. The van der Waals surface area contributed by atoms with Crippen LogP contribution in [0.5, 0.6) is 11.5 Å². The van der Waals surface area contributed by atoms with Crippen LogP contribution in [0, 0.1) is 5.82 Å². The van der Waals surface area contributed by atoms with Crippen LogP contribution in [0.1, 0.15) is 36.2 Å². The molecule has 1 unspecified atom stereocenters. The lowest BCUT2D eigenvalue weighted by Crippen LogP contribution is -2.41. The molecule has 0 saturated carbocycles. The van der Waals surface area contributed by atoms with E-state index in [1.54, 1.807) is 18.2 Å². The standard InChI is InChI=1S/C23H22FN3O6/c1-13(28)25-15-5-6-16(17(24)11-15)18(29)12-27-21(30)23(2,26-22(27)31)14-4-7-19-20(10-14)33-9-3-8-32-19/h4-7,10-11H,3,8-9,12H2,1-2H3,(H,25,28)(H,26,31). The quantitative estimate of drug-likeness (QED) is 0.529. The van der Waals surface area contributed by atoms with Crippen LogP contribution in [0.15, 0.2) is 36.4 Å². The number of amides is 4. The number of fused-ring (bicyclic) bond motifs is 1. The van der Waals surface area contributed by atoms with Gasteiger partial charge in [0, 0.05) is 19.0 Å². The summed E-state index contributed by atoms with van der Waals surface area (Å²) in [7, 11) is 0. The predicted octanol–water partition coefficient (Wildman–Crippen LogP) is 2.60. The van der Waals surface area contributed by atoms with E-state index >= 15 is 0 Å². The number of ketones is 1. The van der Waals surface area contributed by atoms with E-state index in [1.807, 2.05) is 0 Å². The van der Waals surface area contributed by atoms with Gasteiger partial charge in [0.1, 0.15) is 11.4 Å². The smallest absolute Gasteiger partial charge is 0.325 e. The molecule has 9 nitrogen and oxygen atoms in total. The zero-order valence-electron chi connectivity index (χ0n) is 18.1. The molecule has 172 valence electrons. The zero-order valence-corrected chi connectivity index (χ0v) is 18.1. The zero-order chi connectivity index (χ0) is 23.8. The molecule has 0 spiro atoms. The van der Waals surface area contributed by atoms with Crippen molar-refractivity contribution in [2.45, 2.75) is 25.8 Å². The number of Topliss-reactive ketones (excluding diaryl/α,β-unsaturated/α-hetero) is 1. The number of anilines is 1. The van der Waals surface area contributed by atoms with Crippen molar-refractivity contribution in [3.63, 3.8) is 0 Å². The van der Waals surface area contributed by atoms with E-state index < -0.39 is 35.6 Å². The summed E-state index contributed by atoms with van der Waals surface area (Å²) in [5, 5.41) is 5.03. The van der Waals surface area contributed by atoms with E-state index in [0.29, 0.717) is 30.3 Å². The molecular weight excluding hydrogens is 433 g/mol. The Bertz CT molecular complexity index is 1170. The fourth-order valence-corrected chi connectivity index (χ4v) is 3.76. The first kappa shape index (κ1) is 22.3. The summed E-state index contributed by atoms with van der Waals surface area (Å²) in [5.41, 5.74) is -1.08. The van der Waals surface area contributed by atoms with Gasteiger partial charge in [-0.1, -0.05) is 6.07 Å². The number of hydrogen-bond acceptors (Lipinski definition) is 6. The third-order valence-corrected chi connectivity index (χ3v) is 5.49. The Morgan fingerprint density at radius 2 is 1.85 bits per heavy atom. The van der Waals surface area contributed by atoms with Gasteiger partial charge in [-0.15, -0.1) is 0 Å². The second-order valence-electron chi connectivity index (χ2n) is 7.96. The van der Waals surface area contributed by atoms with Crippen LogP contribution >= 0.6 is 0 Å². The lowest BCUT2D eigenvalue weighted by molar-refractivity contribution is -0.130. The van der Waals surface area contributed by atoms with Gasteiger partial charge in [0.25, 0.3) is 5.91 Å². The first-order valence-corrected chi connectivity index (χ1v) is 10.3. The molecule has 2 aliphatic heterocycles. The minimum absolute atomic E-state index is 0.188. The number of halogens is 1. The molecule has 4 amide bonds. The first-order chi connectivity index (χ1) is 15.7. The Balaban J connectivity index is 1.54. The summed E-state index contributed by atoms with van der Waals surface area (Å²) in [4.78, 5) is 50.3. The lowest BCUT2D eigenvalue weighted by Gasteiger charge is -2.23. The molecule has 2 N–H and O–H groups in total.